The van der Waals surface area contributed by atoms with E-state index in [1.807, 2.05) is 18.2 Å². The molecule has 4 aromatic rings. The first-order valence-corrected chi connectivity index (χ1v) is 10.1. The minimum atomic E-state index is -3.78. The number of hydrogen-bond acceptors (Lipinski definition) is 7. The highest BCUT2D eigenvalue weighted by Crippen LogP contribution is 2.28. The van der Waals surface area contributed by atoms with E-state index in [2.05, 4.69) is 20.4 Å². The van der Waals surface area contributed by atoms with Gasteiger partial charge in [-0.2, -0.15) is 0 Å². The molecule has 1 N–H and O–H groups in total. The topological polar surface area (TPSA) is 106 Å². The third-order valence-corrected chi connectivity index (χ3v) is 6.73. The van der Waals surface area contributed by atoms with Crippen LogP contribution in [0.2, 0.25) is 0 Å². The van der Waals surface area contributed by atoms with Crippen LogP contribution >= 0.6 is 11.3 Å². The van der Waals surface area contributed by atoms with Crippen molar-refractivity contribution in [2.45, 2.75) is 16.2 Å². The zero-order valence-electron chi connectivity index (χ0n) is 14.0. The predicted octanol–water partition coefficient (Wildman–Crippen LogP) is 2.64. The maximum Gasteiger partial charge on any atom is 0.237 e. The Morgan fingerprint density at radius 1 is 1.11 bits per heavy atom. The lowest BCUT2D eigenvalue weighted by atomic mass is 10.3. The van der Waals surface area contributed by atoms with E-state index in [1.165, 1.54) is 35.7 Å². The molecule has 0 aliphatic carbocycles. The Labute approximate surface area is 158 Å². The Bertz CT molecular complexity index is 1200. The summed E-state index contributed by atoms with van der Waals surface area (Å²) in [6.45, 7) is 1.38. The van der Waals surface area contributed by atoms with Crippen LogP contribution < -0.4 is 5.32 Å². The summed E-state index contributed by atoms with van der Waals surface area (Å²) >= 11 is 0.985. The van der Waals surface area contributed by atoms with Crippen LogP contribution in [-0.4, -0.2) is 33.9 Å². The van der Waals surface area contributed by atoms with Gasteiger partial charge in [0.1, 0.15) is 5.69 Å². The van der Waals surface area contributed by atoms with E-state index in [-0.39, 0.29) is 15.1 Å². The fourth-order valence-electron chi connectivity index (χ4n) is 2.45. The van der Waals surface area contributed by atoms with Crippen molar-refractivity contribution in [1.29, 1.82) is 0 Å². The van der Waals surface area contributed by atoms with Gasteiger partial charge in [-0.05, 0) is 36.4 Å². The van der Waals surface area contributed by atoms with Crippen molar-refractivity contribution in [3.05, 3.63) is 54.9 Å². The van der Waals surface area contributed by atoms with Gasteiger partial charge >= 0.3 is 0 Å². The van der Waals surface area contributed by atoms with E-state index in [0.29, 0.717) is 22.0 Å². The highest BCUT2D eigenvalue weighted by Gasteiger charge is 2.24. The number of benzene rings is 1. The van der Waals surface area contributed by atoms with Crippen LogP contribution in [0.5, 0.6) is 0 Å². The standard InChI is InChI=1S/C17H13N5O3S2/c1-11(23)19-12-5-7-13(8-6-12)27(24,25)17-21-22-10-15(20-16(22)26-17)14-4-2-3-9-18-14/h2-10H,1H3,(H,19,23). The second kappa shape index (κ2) is 6.56. The Morgan fingerprint density at radius 2 is 1.89 bits per heavy atom. The van der Waals surface area contributed by atoms with Crippen LogP contribution in [0.4, 0.5) is 5.69 Å². The molecule has 0 spiro atoms. The highest BCUT2D eigenvalue weighted by atomic mass is 32.2. The van der Waals surface area contributed by atoms with E-state index in [4.69, 9.17) is 0 Å². The van der Waals surface area contributed by atoms with Crippen molar-refractivity contribution >= 4 is 37.7 Å². The smallest absolute Gasteiger partial charge is 0.237 e. The van der Waals surface area contributed by atoms with E-state index in [9.17, 15) is 13.2 Å². The van der Waals surface area contributed by atoms with Gasteiger partial charge in [-0.3, -0.25) is 9.78 Å². The van der Waals surface area contributed by atoms with Gasteiger partial charge in [-0.15, -0.1) is 5.10 Å². The van der Waals surface area contributed by atoms with Crippen LogP contribution in [0.15, 0.2) is 64.1 Å². The van der Waals surface area contributed by atoms with Gasteiger partial charge in [0.2, 0.25) is 25.0 Å². The first-order chi connectivity index (χ1) is 12.9. The summed E-state index contributed by atoms with van der Waals surface area (Å²) in [6, 6.07) is 11.4. The number of amides is 1. The molecule has 10 heteroatoms. The summed E-state index contributed by atoms with van der Waals surface area (Å²) in [5, 5.41) is 6.76. The number of nitrogens with zero attached hydrogens (tertiary/aromatic N) is 4. The second-order valence-electron chi connectivity index (χ2n) is 5.65. The monoisotopic (exact) mass is 399 g/mol. The summed E-state index contributed by atoms with van der Waals surface area (Å²) in [4.78, 5) is 20.2. The Balaban J connectivity index is 1.66. The van der Waals surface area contributed by atoms with Crippen molar-refractivity contribution < 1.29 is 13.2 Å². The van der Waals surface area contributed by atoms with E-state index in [0.717, 1.165) is 11.3 Å². The number of fused-ring (bicyclic) bond motifs is 1. The maximum absolute atomic E-state index is 12.8. The molecular weight excluding hydrogens is 386 g/mol. The summed E-state index contributed by atoms with van der Waals surface area (Å²) in [5.41, 5.74) is 1.83. The van der Waals surface area contributed by atoms with E-state index < -0.39 is 9.84 Å². The molecule has 0 atom stereocenters. The molecule has 0 aliphatic heterocycles. The zero-order valence-corrected chi connectivity index (χ0v) is 15.7. The lowest BCUT2D eigenvalue weighted by Gasteiger charge is -2.04. The predicted molar refractivity (Wildman–Crippen MR) is 100 cm³/mol. The molecule has 0 aliphatic rings. The number of hydrogen-bond donors (Lipinski definition) is 1. The summed E-state index contributed by atoms with van der Waals surface area (Å²) in [5.74, 6) is -0.226. The summed E-state index contributed by atoms with van der Waals surface area (Å²) < 4.78 is 27.0. The molecule has 3 heterocycles. The van der Waals surface area contributed by atoms with Crippen LogP contribution in [0.1, 0.15) is 6.92 Å². The molecule has 0 fully saturated rings. The highest BCUT2D eigenvalue weighted by molar-refractivity contribution is 7.93. The van der Waals surface area contributed by atoms with Crippen LogP contribution in [0, 0.1) is 0 Å². The Hall–Kier alpha value is -3.11. The average molecular weight is 399 g/mol. The van der Waals surface area contributed by atoms with Gasteiger partial charge in [0, 0.05) is 18.8 Å². The molecule has 0 radical (unpaired) electrons. The lowest BCUT2D eigenvalue weighted by molar-refractivity contribution is -0.114. The molecular formula is C17H13N5O3S2. The fraction of sp³-hybridized carbons (Fsp3) is 0.0588. The fourth-order valence-corrected chi connectivity index (χ4v) is 4.91. The normalized spacial score (nSPS) is 11.6. The van der Waals surface area contributed by atoms with Gasteiger partial charge in [-0.25, -0.2) is 17.9 Å². The average Bonchev–Trinajstić information content (AvgIpc) is 3.22. The number of nitrogens with one attached hydrogen (secondary N) is 1. The Morgan fingerprint density at radius 3 is 2.52 bits per heavy atom. The van der Waals surface area contributed by atoms with Crippen LogP contribution in [0.25, 0.3) is 16.3 Å². The third-order valence-electron chi connectivity index (χ3n) is 3.67. The lowest BCUT2D eigenvalue weighted by Crippen LogP contribution is -2.06. The minimum Gasteiger partial charge on any atom is -0.326 e. The molecule has 3 aromatic heterocycles. The van der Waals surface area contributed by atoms with Crippen molar-refractivity contribution in [3.63, 3.8) is 0 Å². The molecule has 0 saturated heterocycles. The number of pyridine rings is 1. The van der Waals surface area contributed by atoms with Gasteiger partial charge in [-0.1, -0.05) is 17.4 Å². The van der Waals surface area contributed by atoms with Gasteiger partial charge in [0.05, 0.1) is 16.8 Å². The van der Waals surface area contributed by atoms with Crippen molar-refractivity contribution in [1.82, 2.24) is 19.6 Å². The van der Waals surface area contributed by atoms with Crippen molar-refractivity contribution in [2.75, 3.05) is 5.32 Å². The third kappa shape index (κ3) is 3.32. The number of rotatable bonds is 4. The molecule has 0 bridgehead atoms. The molecule has 1 aromatic carbocycles. The van der Waals surface area contributed by atoms with E-state index in [1.54, 1.807) is 12.4 Å². The van der Waals surface area contributed by atoms with Gasteiger partial charge < -0.3 is 5.32 Å². The molecule has 136 valence electrons. The molecule has 0 saturated carbocycles. The summed E-state index contributed by atoms with van der Waals surface area (Å²) in [7, 11) is -3.78. The van der Waals surface area contributed by atoms with Gasteiger partial charge in [0.25, 0.3) is 0 Å². The quantitative estimate of drug-likeness (QED) is 0.565. The zero-order chi connectivity index (χ0) is 19.0. The van der Waals surface area contributed by atoms with Crippen molar-refractivity contribution in [2.24, 2.45) is 0 Å². The summed E-state index contributed by atoms with van der Waals surface area (Å²) in [6.07, 6.45) is 3.31. The largest absolute Gasteiger partial charge is 0.326 e. The number of sulfone groups is 1. The van der Waals surface area contributed by atoms with E-state index >= 15 is 0 Å². The number of aromatic nitrogens is 4. The molecule has 1 amide bonds. The molecule has 8 nitrogen and oxygen atoms in total. The number of carbonyl (C=O) groups is 1. The SMILES string of the molecule is CC(=O)Nc1ccc(S(=O)(=O)c2nn3cc(-c4ccccn4)nc3s2)cc1. The molecule has 4 rings (SSSR count). The van der Waals surface area contributed by atoms with Crippen molar-refractivity contribution in [3.8, 4) is 11.4 Å². The molecule has 27 heavy (non-hydrogen) atoms. The maximum atomic E-state index is 12.8. The second-order valence-corrected chi connectivity index (χ2v) is 8.72. The molecule has 0 unspecified atom stereocenters. The first kappa shape index (κ1) is 17.3. The van der Waals surface area contributed by atoms with Crippen LogP contribution in [-0.2, 0) is 14.6 Å². The Kier molecular flexibility index (Phi) is 4.21. The minimum absolute atomic E-state index is 0.0511. The van der Waals surface area contributed by atoms with Gasteiger partial charge in [0.15, 0.2) is 0 Å². The first-order valence-electron chi connectivity index (χ1n) is 7.84. The number of anilines is 1. The number of imidazole rings is 1. The van der Waals surface area contributed by atoms with Crippen LogP contribution in [0.3, 0.4) is 0 Å². The number of carbonyl (C=O) groups excluding carboxylic acids is 1.